The molecule has 2 N–H and O–H groups in total. The van der Waals surface area contributed by atoms with E-state index < -0.39 is 0 Å². The third kappa shape index (κ3) is 4.07. The second-order valence-corrected chi connectivity index (χ2v) is 5.39. The number of ether oxygens (including phenoxy) is 2. The largest absolute Gasteiger partial charge is 0.496 e. The first kappa shape index (κ1) is 15.0. The van der Waals surface area contributed by atoms with E-state index in [9.17, 15) is 0 Å². The number of rotatable bonds is 6. The van der Waals surface area contributed by atoms with Crippen molar-refractivity contribution in [3.63, 3.8) is 0 Å². The third-order valence-electron chi connectivity index (χ3n) is 3.02. The fourth-order valence-electron chi connectivity index (χ4n) is 1.93. The van der Waals surface area contributed by atoms with Crippen LogP contribution < -0.4 is 10.5 Å². The summed E-state index contributed by atoms with van der Waals surface area (Å²) in [7, 11) is 1.66. The van der Waals surface area contributed by atoms with Gasteiger partial charge in [-0.25, -0.2) is 0 Å². The molecule has 0 saturated heterocycles. The molecule has 0 bridgehead atoms. The van der Waals surface area contributed by atoms with Crippen LogP contribution in [0.4, 0.5) is 0 Å². The van der Waals surface area contributed by atoms with Crippen molar-refractivity contribution in [2.24, 2.45) is 5.73 Å². The maximum absolute atomic E-state index is 5.75. The van der Waals surface area contributed by atoms with Crippen LogP contribution in [-0.4, -0.2) is 7.11 Å². The van der Waals surface area contributed by atoms with Crippen LogP contribution >= 0.6 is 15.9 Å². The standard InChI is InChI=1S/C16H18BrNO2/c1-19-16-7-4-13(9-18)8-14(16)11-20-10-12-2-5-15(17)6-3-12/h2-8H,9-11,18H2,1H3. The zero-order valence-electron chi connectivity index (χ0n) is 11.4. The van der Waals surface area contributed by atoms with Crippen LogP contribution in [0, 0.1) is 0 Å². The van der Waals surface area contributed by atoms with Gasteiger partial charge in [0.1, 0.15) is 5.75 Å². The van der Waals surface area contributed by atoms with Crippen molar-refractivity contribution in [2.45, 2.75) is 19.8 Å². The van der Waals surface area contributed by atoms with E-state index in [-0.39, 0.29) is 0 Å². The first-order chi connectivity index (χ1) is 9.72. The molecule has 0 aliphatic heterocycles. The SMILES string of the molecule is COc1ccc(CN)cc1COCc1ccc(Br)cc1. The van der Waals surface area contributed by atoms with Crippen LogP contribution in [0.2, 0.25) is 0 Å². The van der Waals surface area contributed by atoms with Gasteiger partial charge in [-0.15, -0.1) is 0 Å². The van der Waals surface area contributed by atoms with Gasteiger partial charge in [-0.2, -0.15) is 0 Å². The number of nitrogens with two attached hydrogens (primary N) is 1. The summed E-state index contributed by atoms with van der Waals surface area (Å²) in [4.78, 5) is 0. The molecule has 0 heterocycles. The Kier molecular flexibility index (Phi) is 5.59. The molecular weight excluding hydrogens is 318 g/mol. The lowest BCUT2D eigenvalue weighted by Crippen LogP contribution is -2.01. The zero-order valence-corrected chi connectivity index (χ0v) is 13.0. The summed E-state index contributed by atoms with van der Waals surface area (Å²) < 4.78 is 12.2. The highest BCUT2D eigenvalue weighted by Gasteiger charge is 2.04. The van der Waals surface area contributed by atoms with E-state index in [1.807, 2.05) is 42.5 Å². The van der Waals surface area contributed by atoms with Crippen LogP contribution in [0.1, 0.15) is 16.7 Å². The minimum absolute atomic E-state index is 0.507. The molecule has 2 aromatic rings. The van der Waals surface area contributed by atoms with Crippen LogP contribution in [0.3, 0.4) is 0 Å². The van der Waals surface area contributed by atoms with Crippen molar-refractivity contribution in [2.75, 3.05) is 7.11 Å². The second-order valence-electron chi connectivity index (χ2n) is 4.47. The number of hydrogen-bond donors (Lipinski definition) is 1. The van der Waals surface area contributed by atoms with Crippen molar-refractivity contribution in [3.8, 4) is 5.75 Å². The van der Waals surface area contributed by atoms with Crippen LogP contribution in [0.15, 0.2) is 46.9 Å². The van der Waals surface area contributed by atoms with Gasteiger partial charge in [-0.05, 0) is 35.4 Å². The Morgan fingerprint density at radius 1 is 1.00 bits per heavy atom. The lowest BCUT2D eigenvalue weighted by Gasteiger charge is -2.11. The van der Waals surface area contributed by atoms with Crippen LogP contribution in [0.5, 0.6) is 5.75 Å². The number of hydrogen-bond acceptors (Lipinski definition) is 3. The minimum Gasteiger partial charge on any atom is -0.496 e. The Bertz CT molecular complexity index is 555. The fraction of sp³-hybridized carbons (Fsp3) is 0.250. The average molecular weight is 336 g/mol. The monoisotopic (exact) mass is 335 g/mol. The smallest absolute Gasteiger partial charge is 0.124 e. The highest BCUT2D eigenvalue weighted by atomic mass is 79.9. The predicted octanol–water partition coefficient (Wildman–Crippen LogP) is 3.63. The molecule has 2 aromatic carbocycles. The van der Waals surface area contributed by atoms with Crippen molar-refractivity contribution < 1.29 is 9.47 Å². The summed E-state index contributed by atoms with van der Waals surface area (Å²) in [6.45, 7) is 1.60. The van der Waals surface area contributed by atoms with Gasteiger partial charge in [0, 0.05) is 16.6 Å². The molecule has 20 heavy (non-hydrogen) atoms. The summed E-state index contributed by atoms with van der Waals surface area (Å²) >= 11 is 3.42. The highest BCUT2D eigenvalue weighted by Crippen LogP contribution is 2.21. The van der Waals surface area contributed by atoms with Crippen LogP contribution in [0.25, 0.3) is 0 Å². The Morgan fingerprint density at radius 3 is 2.35 bits per heavy atom. The molecule has 0 aliphatic carbocycles. The summed E-state index contributed by atoms with van der Waals surface area (Å²) in [6.07, 6.45) is 0. The summed E-state index contributed by atoms with van der Waals surface area (Å²) in [5.41, 5.74) is 8.90. The molecule has 0 radical (unpaired) electrons. The summed E-state index contributed by atoms with van der Waals surface area (Å²) in [6, 6.07) is 14.0. The van der Waals surface area contributed by atoms with Gasteiger partial charge < -0.3 is 15.2 Å². The Hall–Kier alpha value is -1.36. The van der Waals surface area contributed by atoms with Gasteiger partial charge in [0.05, 0.1) is 20.3 Å². The number of methoxy groups -OCH3 is 1. The first-order valence-corrected chi connectivity index (χ1v) is 7.20. The Morgan fingerprint density at radius 2 is 1.70 bits per heavy atom. The summed E-state index contributed by atoms with van der Waals surface area (Å²) in [5.74, 6) is 0.831. The van der Waals surface area contributed by atoms with E-state index in [0.29, 0.717) is 19.8 Å². The molecule has 0 unspecified atom stereocenters. The molecular formula is C16H18BrNO2. The normalized spacial score (nSPS) is 10.6. The van der Waals surface area contributed by atoms with Crippen molar-refractivity contribution >= 4 is 15.9 Å². The topological polar surface area (TPSA) is 44.5 Å². The van der Waals surface area contributed by atoms with Gasteiger partial charge in [0.2, 0.25) is 0 Å². The Balaban J connectivity index is 1.97. The lowest BCUT2D eigenvalue weighted by molar-refractivity contribution is 0.105. The summed E-state index contributed by atoms with van der Waals surface area (Å²) in [5, 5.41) is 0. The molecule has 4 heteroatoms. The molecule has 0 saturated carbocycles. The fourth-order valence-corrected chi connectivity index (χ4v) is 2.20. The van der Waals surface area contributed by atoms with Crippen LogP contribution in [-0.2, 0) is 24.5 Å². The molecule has 0 fully saturated rings. The van der Waals surface area contributed by atoms with Gasteiger partial charge in [-0.1, -0.05) is 34.1 Å². The minimum atomic E-state index is 0.507. The molecule has 3 nitrogen and oxygen atoms in total. The number of halogens is 1. The van der Waals surface area contributed by atoms with Gasteiger partial charge in [0.25, 0.3) is 0 Å². The van der Waals surface area contributed by atoms with E-state index in [1.165, 1.54) is 0 Å². The highest BCUT2D eigenvalue weighted by molar-refractivity contribution is 9.10. The maximum Gasteiger partial charge on any atom is 0.124 e. The molecule has 0 amide bonds. The maximum atomic E-state index is 5.75. The molecule has 106 valence electrons. The zero-order chi connectivity index (χ0) is 14.4. The van der Waals surface area contributed by atoms with Gasteiger partial charge in [-0.3, -0.25) is 0 Å². The molecule has 0 aromatic heterocycles. The van der Waals surface area contributed by atoms with E-state index in [4.69, 9.17) is 15.2 Å². The van der Waals surface area contributed by atoms with E-state index in [0.717, 1.165) is 26.9 Å². The van der Waals surface area contributed by atoms with E-state index in [2.05, 4.69) is 15.9 Å². The molecule has 0 atom stereocenters. The average Bonchev–Trinajstić information content (AvgIpc) is 2.49. The predicted molar refractivity (Wildman–Crippen MR) is 83.5 cm³/mol. The van der Waals surface area contributed by atoms with Gasteiger partial charge >= 0.3 is 0 Å². The quantitative estimate of drug-likeness (QED) is 0.876. The number of benzene rings is 2. The molecule has 0 aliphatic rings. The van der Waals surface area contributed by atoms with Crippen molar-refractivity contribution in [1.29, 1.82) is 0 Å². The van der Waals surface area contributed by atoms with Gasteiger partial charge in [0.15, 0.2) is 0 Å². The van der Waals surface area contributed by atoms with Crippen molar-refractivity contribution in [3.05, 3.63) is 63.6 Å². The lowest BCUT2D eigenvalue weighted by atomic mass is 10.1. The molecule has 2 rings (SSSR count). The van der Waals surface area contributed by atoms with Crippen molar-refractivity contribution in [1.82, 2.24) is 0 Å². The second kappa shape index (κ2) is 7.43. The van der Waals surface area contributed by atoms with E-state index in [1.54, 1.807) is 7.11 Å². The van der Waals surface area contributed by atoms with E-state index >= 15 is 0 Å². The Labute approximate surface area is 127 Å². The molecule has 0 spiro atoms. The third-order valence-corrected chi connectivity index (χ3v) is 3.55. The first-order valence-electron chi connectivity index (χ1n) is 6.41.